The molecular weight excluding hydrogens is 346 g/mol. The first-order chi connectivity index (χ1) is 13.2. The molecule has 0 atom stereocenters. The standard InChI is InChI=1S/C19H25N5O3/c25-18(14-23-12-13-27-19(23)26)22-7-3-6-21(8-10-22)9-11-24-15-20-16-4-1-2-5-17(16)24/h1-2,4-5,15H,3,6-14H2. The van der Waals surface area contributed by atoms with Gasteiger partial charge in [0.25, 0.3) is 0 Å². The molecule has 2 saturated heterocycles. The molecule has 8 nitrogen and oxygen atoms in total. The Hall–Kier alpha value is -2.61. The van der Waals surface area contributed by atoms with Gasteiger partial charge in [-0.1, -0.05) is 12.1 Å². The van der Waals surface area contributed by atoms with Crippen molar-refractivity contribution >= 4 is 23.0 Å². The van der Waals surface area contributed by atoms with Crippen LogP contribution in [0.3, 0.4) is 0 Å². The third-order valence-electron chi connectivity index (χ3n) is 5.30. The molecule has 0 aliphatic carbocycles. The first-order valence-corrected chi connectivity index (χ1v) is 9.52. The molecule has 0 N–H and O–H groups in total. The lowest BCUT2D eigenvalue weighted by Gasteiger charge is -2.23. The molecule has 2 amide bonds. The van der Waals surface area contributed by atoms with Crippen LogP contribution in [-0.4, -0.2) is 88.7 Å². The van der Waals surface area contributed by atoms with Crippen LogP contribution in [0.5, 0.6) is 0 Å². The Kier molecular flexibility index (Phi) is 5.24. The highest BCUT2D eigenvalue weighted by molar-refractivity contribution is 5.83. The van der Waals surface area contributed by atoms with E-state index in [1.807, 2.05) is 29.4 Å². The molecule has 8 heteroatoms. The van der Waals surface area contributed by atoms with Crippen molar-refractivity contribution in [3.05, 3.63) is 30.6 Å². The van der Waals surface area contributed by atoms with Crippen LogP contribution in [0.2, 0.25) is 0 Å². The van der Waals surface area contributed by atoms with Gasteiger partial charge in [-0.05, 0) is 25.1 Å². The van der Waals surface area contributed by atoms with Crippen molar-refractivity contribution in [3.8, 4) is 0 Å². The normalized spacial score (nSPS) is 18.7. The molecule has 1 aromatic carbocycles. The molecule has 2 aliphatic rings. The quantitative estimate of drug-likeness (QED) is 0.785. The van der Waals surface area contributed by atoms with Gasteiger partial charge in [0.1, 0.15) is 13.2 Å². The van der Waals surface area contributed by atoms with Crippen LogP contribution in [-0.2, 0) is 16.1 Å². The molecule has 0 radical (unpaired) electrons. The highest BCUT2D eigenvalue weighted by atomic mass is 16.6. The maximum Gasteiger partial charge on any atom is 0.410 e. The topological polar surface area (TPSA) is 70.9 Å². The van der Waals surface area contributed by atoms with E-state index in [9.17, 15) is 9.59 Å². The summed E-state index contributed by atoms with van der Waals surface area (Å²) < 4.78 is 7.08. The summed E-state index contributed by atoms with van der Waals surface area (Å²) in [4.78, 5) is 34.2. The van der Waals surface area contributed by atoms with Crippen molar-refractivity contribution in [3.63, 3.8) is 0 Å². The molecule has 1 aromatic heterocycles. The van der Waals surface area contributed by atoms with Crippen LogP contribution in [0, 0.1) is 0 Å². The van der Waals surface area contributed by atoms with Crippen molar-refractivity contribution < 1.29 is 14.3 Å². The molecule has 144 valence electrons. The fourth-order valence-corrected chi connectivity index (χ4v) is 3.71. The lowest BCUT2D eigenvalue weighted by atomic mass is 10.3. The van der Waals surface area contributed by atoms with Crippen molar-refractivity contribution in [1.82, 2.24) is 24.3 Å². The number of hydrogen-bond donors (Lipinski definition) is 0. The highest BCUT2D eigenvalue weighted by Gasteiger charge is 2.27. The van der Waals surface area contributed by atoms with E-state index < -0.39 is 0 Å². The lowest BCUT2D eigenvalue weighted by molar-refractivity contribution is -0.131. The zero-order chi connectivity index (χ0) is 18.6. The summed E-state index contributed by atoms with van der Waals surface area (Å²) in [5.74, 6) is 0.0105. The van der Waals surface area contributed by atoms with Gasteiger partial charge in [0.15, 0.2) is 0 Å². The zero-order valence-corrected chi connectivity index (χ0v) is 15.4. The lowest BCUT2D eigenvalue weighted by Crippen LogP contribution is -2.42. The first-order valence-electron chi connectivity index (χ1n) is 9.52. The fraction of sp³-hybridized carbons (Fsp3) is 0.526. The second-order valence-corrected chi connectivity index (χ2v) is 7.04. The van der Waals surface area contributed by atoms with Crippen molar-refractivity contribution in [1.29, 1.82) is 0 Å². The first kappa shape index (κ1) is 17.8. The summed E-state index contributed by atoms with van der Waals surface area (Å²) in [6, 6.07) is 8.15. The van der Waals surface area contributed by atoms with E-state index in [1.165, 1.54) is 4.90 Å². The van der Waals surface area contributed by atoms with Crippen molar-refractivity contribution in [2.75, 3.05) is 52.4 Å². The smallest absolute Gasteiger partial charge is 0.410 e. The van der Waals surface area contributed by atoms with E-state index in [-0.39, 0.29) is 18.5 Å². The van der Waals surface area contributed by atoms with Gasteiger partial charge in [0.05, 0.1) is 23.9 Å². The summed E-state index contributed by atoms with van der Waals surface area (Å²) in [6.07, 6.45) is 2.46. The Balaban J connectivity index is 1.28. The van der Waals surface area contributed by atoms with Crippen molar-refractivity contribution in [2.24, 2.45) is 0 Å². The Bertz CT molecular complexity index is 821. The minimum absolute atomic E-state index is 0.0105. The number of amides is 2. The largest absolute Gasteiger partial charge is 0.448 e. The molecule has 2 fully saturated rings. The number of ether oxygens (including phenoxy) is 1. The molecular formula is C19H25N5O3. The Morgan fingerprint density at radius 2 is 1.96 bits per heavy atom. The van der Waals surface area contributed by atoms with Crippen LogP contribution in [0.15, 0.2) is 30.6 Å². The number of fused-ring (bicyclic) bond motifs is 1. The maximum atomic E-state index is 12.5. The van der Waals surface area contributed by atoms with Gasteiger partial charge in [-0.3, -0.25) is 14.6 Å². The minimum Gasteiger partial charge on any atom is -0.448 e. The second-order valence-electron chi connectivity index (χ2n) is 7.04. The van der Waals surface area contributed by atoms with E-state index >= 15 is 0 Å². The summed E-state index contributed by atoms with van der Waals surface area (Å²) in [6.45, 7) is 6.09. The molecule has 0 bridgehead atoms. The molecule has 3 heterocycles. The predicted octanol–water partition coefficient (Wildman–Crippen LogP) is 1.02. The SMILES string of the molecule is O=C(CN1CCOC1=O)N1CCCN(CCn2cnc3ccccc32)CC1. The predicted molar refractivity (Wildman–Crippen MR) is 100 cm³/mol. The number of benzene rings is 1. The Morgan fingerprint density at radius 1 is 1.07 bits per heavy atom. The van der Waals surface area contributed by atoms with Gasteiger partial charge in [0.2, 0.25) is 5.91 Å². The highest BCUT2D eigenvalue weighted by Crippen LogP contribution is 2.12. The van der Waals surface area contributed by atoms with Crippen LogP contribution in [0.1, 0.15) is 6.42 Å². The van der Waals surface area contributed by atoms with Gasteiger partial charge in [-0.15, -0.1) is 0 Å². The number of imidazole rings is 1. The van der Waals surface area contributed by atoms with Gasteiger partial charge in [-0.25, -0.2) is 9.78 Å². The number of hydrogen-bond acceptors (Lipinski definition) is 5. The zero-order valence-electron chi connectivity index (χ0n) is 15.4. The van der Waals surface area contributed by atoms with Gasteiger partial charge < -0.3 is 14.2 Å². The van der Waals surface area contributed by atoms with E-state index in [1.54, 1.807) is 0 Å². The number of rotatable bonds is 5. The summed E-state index contributed by atoms with van der Waals surface area (Å²) in [5, 5.41) is 0. The van der Waals surface area contributed by atoms with Gasteiger partial charge in [0, 0.05) is 32.7 Å². The molecule has 0 unspecified atom stereocenters. The molecule has 2 aliphatic heterocycles. The monoisotopic (exact) mass is 371 g/mol. The van der Waals surface area contributed by atoms with Crippen LogP contribution >= 0.6 is 0 Å². The summed E-state index contributed by atoms with van der Waals surface area (Å²) in [5.41, 5.74) is 2.17. The second kappa shape index (κ2) is 7.96. The molecule has 27 heavy (non-hydrogen) atoms. The number of carbonyl (C=O) groups is 2. The Morgan fingerprint density at radius 3 is 2.81 bits per heavy atom. The molecule has 2 aromatic rings. The van der Waals surface area contributed by atoms with Crippen LogP contribution in [0.4, 0.5) is 4.79 Å². The number of aromatic nitrogens is 2. The van der Waals surface area contributed by atoms with Gasteiger partial charge in [-0.2, -0.15) is 0 Å². The van der Waals surface area contributed by atoms with Crippen LogP contribution in [0.25, 0.3) is 11.0 Å². The summed E-state index contributed by atoms with van der Waals surface area (Å²) >= 11 is 0. The average molecular weight is 371 g/mol. The third kappa shape index (κ3) is 4.05. The van der Waals surface area contributed by atoms with Crippen molar-refractivity contribution in [2.45, 2.75) is 13.0 Å². The molecule has 0 saturated carbocycles. The number of para-hydroxylation sites is 2. The molecule has 0 spiro atoms. The molecule has 4 rings (SSSR count). The summed E-state index contributed by atoms with van der Waals surface area (Å²) in [7, 11) is 0. The minimum atomic E-state index is -0.382. The number of carbonyl (C=O) groups excluding carboxylic acids is 2. The Labute approximate surface area is 158 Å². The van der Waals surface area contributed by atoms with E-state index in [2.05, 4.69) is 20.5 Å². The number of nitrogens with zero attached hydrogens (tertiary/aromatic N) is 5. The number of cyclic esters (lactones) is 1. The van der Waals surface area contributed by atoms with E-state index in [4.69, 9.17) is 4.74 Å². The van der Waals surface area contributed by atoms with Crippen LogP contribution < -0.4 is 0 Å². The van der Waals surface area contributed by atoms with E-state index in [0.29, 0.717) is 19.7 Å². The maximum absolute atomic E-state index is 12.5. The third-order valence-corrected chi connectivity index (χ3v) is 5.30. The van der Waals surface area contributed by atoms with Gasteiger partial charge >= 0.3 is 6.09 Å². The van der Waals surface area contributed by atoms with E-state index in [0.717, 1.165) is 50.2 Å². The average Bonchev–Trinajstić information content (AvgIpc) is 3.19. The fourth-order valence-electron chi connectivity index (χ4n) is 3.71.